The summed E-state index contributed by atoms with van der Waals surface area (Å²) < 4.78 is 0. The van der Waals surface area contributed by atoms with E-state index in [1.807, 2.05) is 0 Å². The van der Waals surface area contributed by atoms with Crippen LogP contribution in [-0.4, -0.2) is 5.54 Å². The average Bonchev–Trinajstić information content (AvgIpc) is 2.18. The predicted molar refractivity (Wildman–Crippen MR) is 74.2 cm³/mol. The molecule has 1 aromatic carbocycles. The van der Waals surface area contributed by atoms with Gasteiger partial charge < -0.3 is 5.73 Å². The Morgan fingerprint density at radius 2 is 1.75 bits per heavy atom. The summed E-state index contributed by atoms with van der Waals surface area (Å²) in [6, 6.07) is 10.6. The van der Waals surface area contributed by atoms with E-state index in [1.54, 1.807) is 0 Å². The minimum absolute atomic E-state index is 0. The molecule has 0 aromatic heterocycles. The number of halogens is 1. The maximum atomic E-state index is 6.25. The molecule has 0 fully saturated rings. The summed E-state index contributed by atoms with van der Waals surface area (Å²) in [5.41, 5.74) is 7.50. The Labute approximate surface area is 106 Å². The van der Waals surface area contributed by atoms with Gasteiger partial charge in [-0.25, -0.2) is 0 Å². The van der Waals surface area contributed by atoms with Crippen molar-refractivity contribution in [3.05, 3.63) is 35.9 Å². The Balaban J connectivity index is 0.00000225. The monoisotopic (exact) mass is 241 g/mol. The van der Waals surface area contributed by atoms with Gasteiger partial charge in [-0.2, -0.15) is 0 Å². The zero-order chi connectivity index (χ0) is 11.3. The molecule has 1 aromatic rings. The van der Waals surface area contributed by atoms with Crippen LogP contribution in [0.3, 0.4) is 0 Å². The number of rotatable bonds is 5. The lowest BCUT2D eigenvalue weighted by molar-refractivity contribution is 0.381. The second-order valence-electron chi connectivity index (χ2n) is 4.93. The van der Waals surface area contributed by atoms with Crippen molar-refractivity contribution < 1.29 is 0 Å². The van der Waals surface area contributed by atoms with Crippen LogP contribution >= 0.6 is 12.4 Å². The highest BCUT2D eigenvalue weighted by atomic mass is 35.5. The number of hydrogen-bond acceptors (Lipinski definition) is 1. The van der Waals surface area contributed by atoms with Crippen LogP contribution in [-0.2, 0) is 0 Å². The first-order chi connectivity index (χ1) is 7.05. The van der Waals surface area contributed by atoms with Gasteiger partial charge in [0.25, 0.3) is 0 Å². The molecule has 0 radical (unpaired) electrons. The Hall–Kier alpha value is -0.530. The first-order valence-corrected chi connectivity index (χ1v) is 5.89. The normalized spacial score (nSPS) is 13.0. The van der Waals surface area contributed by atoms with E-state index in [9.17, 15) is 0 Å². The third-order valence-corrected chi connectivity index (χ3v) is 2.95. The van der Waals surface area contributed by atoms with Crippen LogP contribution in [0.25, 0.3) is 0 Å². The van der Waals surface area contributed by atoms with Crippen LogP contribution in [0.4, 0.5) is 0 Å². The van der Waals surface area contributed by atoms with Crippen LogP contribution in [0.5, 0.6) is 0 Å². The quantitative estimate of drug-likeness (QED) is 0.825. The molecule has 1 unspecified atom stereocenters. The second kappa shape index (κ2) is 6.93. The fourth-order valence-electron chi connectivity index (χ4n) is 2.06. The number of nitrogens with two attached hydrogens (primary N) is 1. The molecule has 1 nitrogen and oxygen atoms in total. The Morgan fingerprint density at radius 1 is 1.19 bits per heavy atom. The molecule has 0 aliphatic heterocycles. The van der Waals surface area contributed by atoms with Gasteiger partial charge in [0.05, 0.1) is 0 Å². The van der Waals surface area contributed by atoms with E-state index in [-0.39, 0.29) is 17.9 Å². The van der Waals surface area contributed by atoms with Gasteiger partial charge in [-0.05, 0) is 25.8 Å². The van der Waals surface area contributed by atoms with Gasteiger partial charge in [-0.1, -0.05) is 50.1 Å². The molecule has 0 aliphatic carbocycles. The fraction of sp³-hybridized carbons (Fsp3) is 0.571. The summed E-state index contributed by atoms with van der Waals surface area (Å²) in [7, 11) is 0. The Kier molecular flexibility index (Phi) is 6.70. The molecule has 2 N–H and O–H groups in total. The van der Waals surface area contributed by atoms with Crippen molar-refractivity contribution in [2.45, 2.75) is 51.5 Å². The van der Waals surface area contributed by atoms with Gasteiger partial charge in [-0.3, -0.25) is 0 Å². The molecule has 0 amide bonds. The summed E-state index contributed by atoms with van der Waals surface area (Å²) in [6.45, 7) is 6.48. The van der Waals surface area contributed by atoms with E-state index in [0.29, 0.717) is 5.92 Å². The van der Waals surface area contributed by atoms with E-state index in [0.717, 1.165) is 0 Å². The molecular formula is C14H24ClN. The number of unbranched alkanes of at least 4 members (excludes halogenated alkanes) is 1. The van der Waals surface area contributed by atoms with Crippen molar-refractivity contribution in [3.8, 4) is 0 Å². The Morgan fingerprint density at radius 3 is 2.19 bits per heavy atom. The molecule has 0 saturated carbocycles. The third-order valence-electron chi connectivity index (χ3n) is 2.95. The van der Waals surface area contributed by atoms with Gasteiger partial charge in [0.1, 0.15) is 0 Å². The largest absolute Gasteiger partial charge is 0.325 e. The summed E-state index contributed by atoms with van der Waals surface area (Å²) in [5, 5.41) is 0. The first-order valence-electron chi connectivity index (χ1n) is 5.89. The van der Waals surface area contributed by atoms with E-state index in [2.05, 4.69) is 51.1 Å². The minimum atomic E-state index is -0.128. The molecule has 2 heteroatoms. The maximum absolute atomic E-state index is 6.25. The van der Waals surface area contributed by atoms with Gasteiger partial charge in [-0.15, -0.1) is 12.4 Å². The van der Waals surface area contributed by atoms with Crippen LogP contribution in [0.2, 0.25) is 0 Å². The topological polar surface area (TPSA) is 26.0 Å². The highest BCUT2D eigenvalue weighted by molar-refractivity contribution is 5.85. The molecular weight excluding hydrogens is 218 g/mol. The zero-order valence-corrected chi connectivity index (χ0v) is 11.4. The summed E-state index contributed by atoms with van der Waals surface area (Å²) in [4.78, 5) is 0. The lowest BCUT2D eigenvalue weighted by atomic mass is 9.79. The molecule has 0 bridgehead atoms. The molecule has 0 aliphatic rings. The van der Waals surface area contributed by atoms with Crippen LogP contribution < -0.4 is 5.73 Å². The lowest BCUT2D eigenvalue weighted by Crippen LogP contribution is -2.39. The molecule has 92 valence electrons. The van der Waals surface area contributed by atoms with Crippen molar-refractivity contribution in [1.82, 2.24) is 0 Å². The van der Waals surface area contributed by atoms with Crippen molar-refractivity contribution >= 4 is 12.4 Å². The highest BCUT2D eigenvalue weighted by Crippen LogP contribution is 2.30. The van der Waals surface area contributed by atoms with E-state index < -0.39 is 0 Å². The molecule has 1 rings (SSSR count). The molecule has 0 spiro atoms. The van der Waals surface area contributed by atoms with Crippen LogP contribution in [0.15, 0.2) is 30.3 Å². The van der Waals surface area contributed by atoms with Gasteiger partial charge in [0, 0.05) is 11.5 Å². The molecule has 0 heterocycles. The number of hydrogen-bond donors (Lipinski definition) is 1. The van der Waals surface area contributed by atoms with Crippen LogP contribution in [0.1, 0.15) is 51.5 Å². The molecule has 0 saturated heterocycles. The molecule has 16 heavy (non-hydrogen) atoms. The van der Waals surface area contributed by atoms with Crippen molar-refractivity contribution in [2.24, 2.45) is 5.73 Å². The SMILES string of the molecule is CCCCC(c1ccccc1)C(C)(C)N.Cl. The van der Waals surface area contributed by atoms with Crippen molar-refractivity contribution in [3.63, 3.8) is 0 Å². The smallest absolute Gasteiger partial charge is 0.0166 e. The summed E-state index contributed by atoms with van der Waals surface area (Å²) >= 11 is 0. The highest BCUT2D eigenvalue weighted by Gasteiger charge is 2.25. The van der Waals surface area contributed by atoms with E-state index >= 15 is 0 Å². The van der Waals surface area contributed by atoms with Crippen molar-refractivity contribution in [2.75, 3.05) is 0 Å². The summed E-state index contributed by atoms with van der Waals surface area (Å²) in [6.07, 6.45) is 3.67. The third kappa shape index (κ3) is 4.54. The zero-order valence-electron chi connectivity index (χ0n) is 10.6. The lowest BCUT2D eigenvalue weighted by Gasteiger charge is -2.31. The van der Waals surface area contributed by atoms with Crippen LogP contribution in [0, 0.1) is 0 Å². The Bertz CT molecular complexity index is 277. The first kappa shape index (κ1) is 15.5. The fourth-order valence-corrected chi connectivity index (χ4v) is 2.06. The van der Waals surface area contributed by atoms with Gasteiger partial charge >= 0.3 is 0 Å². The van der Waals surface area contributed by atoms with Gasteiger partial charge in [0.2, 0.25) is 0 Å². The average molecular weight is 242 g/mol. The number of benzene rings is 1. The standard InChI is InChI=1S/C14H23N.ClH/c1-4-5-11-13(14(2,3)15)12-9-7-6-8-10-12;/h6-10,13H,4-5,11,15H2,1-3H3;1H. The molecule has 1 atom stereocenters. The minimum Gasteiger partial charge on any atom is -0.325 e. The van der Waals surface area contributed by atoms with Gasteiger partial charge in [0.15, 0.2) is 0 Å². The second-order valence-corrected chi connectivity index (χ2v) is 4.93. The van der Waals surface area contributed by atoms with Crippen molar-refractivity contribution in [1.29, 1.82) is 0 Å². The summed E-state index contributed by atoms with van der Waals surface area (Å²) in [5.74, 6) is 0.471. The predicted octanol–water partition coefficient (Wildman–Crippen LogP) is 4.12. The van der Waals surface area contributed by atoms with E-state index in [4.69, 9.17) is 5.73 Å². The maximum Gasteiger partial charge on any atom is 0.0166 e. The van der Waals surface area contributed by atoms with E-state index in [1.165, 1.54) is 24.8 Å².